The summed E-state index contributed by atoms with van der Waals surface area (Å²) in [4.78, 5) is 28.7. The van der Waals surface area contributed by atoms with Gasteiger partial charge in [0.1, 0.15) is 17.3 Å². The Morgan fingerprint density at radius 3 is 2.05 bits per heavy atom. The number of ether oxygens (including phenoxy) is 4. The number of carbonyl (C=O) groups is 2. The van der Waals surface area contributed by atoms with Crippen LogP contribution in [0.2, 0.25) is 0 Å². The third kappa shape index (κ3) is 9.43. The maximum absolute atomic E-state index is 13.3. The lowest BCUT2D eigenvalue weighted by Crippen LogP contribution is -2.44. The molecule has 1 saturated heterocycles. The highest BCUT2D eigenvalue weighted by Crippen LogP contribution is 2.33. The fraction of sp³-hybridized carbons (Fsp3) is 0.529. The predicted octanol–water partition coefficient (Wildman–Crippen LogP) is 7.37. The largest absolute Gasteiger partial charge is 0.497 e. The lowest BCUT2D eigenvalue weighted by atomic mass is 10.0. The normalized spacial score (nSPS) is 14.2. The number of unbranched alkanes of at least 4 members (excludes halogenated alkanes) is 6. The molecule has 1 aliphatic rings. The quantitative estimate of drug-likeness (QED) is 0.0898. The number of carbonyl (C=O) groups excluding carboxylic acids is 2. The first-order valence-electron chi connectivity index (χ1n) is 15.2. The summed E-state index contributed by atoms with van der Waals surface area (Å²) < 4.78 is 22.0. The Bertz CT molecular complexity index is 1180. The second kappa shape index (κ2) is 16.1. The summed E-state index contributed by atoms with van der Waals surface area (Å²) in [6.07, 6.45) is 10.0. The number of hydrogen-bond acceptors (Lipinski definition) is 8. The van der Waals surface area contributed by atoms with Crippen LogP contribution in [0.5, 0.6) is 11.5 Å². The molecule has 0 aliphatic carbocycles. The van der Waals surface area contributed by atoms with Gasteiger partial charge in [-0.2, -0.15) is 0 Å². The smallest absolute Gasteiger partial charge is 0.352 e. The minimum atomic E-state index is -1.35. The van der Waals surface area contributed by atoms with Gasteiger partial charge in [0.05, 0.1) is 19.9 Å². The molecule has 0 atom stereocenters. The first-order chi connectivity index (χ1) is 20.2. The number of aryl methyl sites for hydroxylation is 1. The van der Waals surface area contributed by atoms with Gasteiger partial charge >= 0.3 is 11.9 Å². The minimum absolute atomic E-state index is 0.169. The van der Waals surface area contributed by atoms with E-state index in [1.807, 2.05) is 4.90 Å². The zero-order valence-electron chi connectivity index (χ0n) is 26.2. The van der Waals surface area contributed by atoms with E-state index in [1.165, 1.54) is 31.2 Å². The second-order valence-electron chi connectivity index (χ2n) is 11.2. The highest BCUT2D eigenvalue weighted by atomic mass is 16.7. The van der Waals surface area contributed by atoms with Gasteiger partial charge in [0.15, 0.2) is 5.57 Å². The molecule has 0 unspecified atom stereocenters. The van der Waals surface area contributed by atoms with E-state index < -0.39 is 17.7 Å². The molecular formula is C34H48N2O6. The van der Waals surface area contributed by atoms with Crippen LogP contribution in [0.3, 0.4) is 0 Å². The van der Waals surface area contributed by atoms with Gasteiger partial charge in [-0.15, -0.1) is 0 Å². The van der Waals surface area contributed by atoms with Crippen LogP contribution in [0.4, 0.5) is 5.69 Å². The Morgan fingerprint density at radius 2 is 1.43 bits per heavy atom. The SMILES string of the molecule is CCCCCCCN(Cc1ccc(CCCCC)cc1)C(Nc1ccc(OC)cc1OC)=C1C(=O)OC(C)(C)OC1=O. The molecule has 1 aliphatic heterocycles. The van der Waals surface area contributed by atoms with Crippen molar-refractivity contribution in [1.82, 2.24) is 4.90 Å². The van der Waals surface area contributed by atoms with Crippen LogP contribution in [0.25, 0.3) is 0 Å². The fourth-order valence-corrected chi connectivity index (χ4v) is 4.96. The summed E-state index contributed by atoms with van der Waals surface area (Å²) >= 11 is 0. The molecule has 2 aromatic rings. The Hall–Kier alpha value is -3.68. The molecule has 2 aromatic carbocycles. The minimum Gasteiger partial charge on any atom is -0.497 e. The van der Waals surface area contributed by atoms with Crippen LogP contribution in [-0.4, -0.2) is 43.4 Å². The molecular weight excluding hydrogens is 532 g/mol. The van der Waals surface area contributed by atoms with Crippen molar-refractivity contribution in [1.29, 1.82) is 0 Å². The number of nitrogens with one attached hydrogen (secondary N) is 1. The zero-order valence-corrected chi connectivity index (χ0v) is 26.2. The van der Waals surface area contributed by atoms with Gasteiger partial charge < -0.3 is 29.2 Å². The molecule has 1 fully saturated rings. The van der Waals surface area contributed by atoms with Crippen molar-refractivity contribution in [2.24, 2.45) is 0 Å². The summed E-state index contributed by atoms with van der Waals surface area (Å²) in [6.45, 7) is 8.60. The van der Waals surface area contributed by atoms with E-state index in [-0.39, 0.29) is 5.57 Å². The lowest BCUT2D eigenvalue weighted by Gasteiger charge is -2.34. The van der Waals surface area contributed by atoms with Gasteiger partial charge in [-0.25, -0.2) is 9.59 Å². The van der Waals surface area contributed by atoms with E-state index >= 15 is 0 Å². The van der Waals surface area contributed by atoms with Gasteiger partial charge in [0, 0.05) is 33.0 Å². The standard InChI is InChI=1S/C34H48N2O6/c1-7-9-11-12-14-22-36(24-26-18-16-25(17-19-26)15-13-10-8-2)31(30-32(37)41-34(3,4)42-33(30)38)35-28-21-20-27(39-5)23-29(28)40-6/h16-21,23,35H,7-15,22,24H2,1-6H3. The van der Waals surface area contributed by atoms with Crippen LogP contribution < -0.4 is 14.8 Å². The Morgan fingerprint density at radius 1 is 0.810 bits per heavy atom. The van der Waals surface area contributed by atoms with Crippen molar-refractivity contribution in [3.05, 3.63) is 65.0 Å². The highest BCUT2D eigenvalue weighted by Gasteiger charge is 2.42. The molecule has 0 amide bonds. The molecule has 0 radical (unpaired) electrons. The van der Waals surface area contributed by atoms with Crippen molar-refractivity contribution in [3.8, 4) is 11.5 Å². The van der Waals surface area contributed by atoms with Gasteiger partial charge in [0.25, 0.3) is 5.79 Å². The van der Waals surface area contributed by atoms with Crippen molar-refractivity contribution >= 4 is 17.6 Å². The molecule has 0 saturated carbocycles. The molecule has 3 rings (SSSR count). The molecule has 0 spiro atoms. The van der Waals surface area contributed by atoms with Crippen LogP contribution in [-0.2, 0) is 32.0 Å². The molecule has 230 valence electrons. The summed E-state index contributed by atoms with van der Waals surface area (Å²) in [7, 11) is 3.15. The number of benzene rings is 2. The third-order valence-corrected chi connectivity index (χ3v) is 7.30. The Kier molecular flexibility index (Phi) is 12.6. The molecule has 42 heavy (non-hydrogen) atoms. The maximum Gasteiger partial charge on any atom is 0.352 e. The van der Waals surface area contributed by atoms with Gasteiger partial charge in [0.2, 0.25) is 0 Å². The molecule has 0 bridgehead atoms. The summed E-state index contributed by atoms with van der Waals surface area (Å²) in [5.74, 6) is -1.35. The maximum atomic E-state index is 13.3. The predicted molar refractivity (Wildman–Crippen MR) is 165 cm³/mol. The van der Waals surface area contributed by atoms with E-state index in [1.54, 1.807) is 46.3 Å². The Balaban J connectivity index is 2.03. The molecule has 8 nitrogen and oxygen atoms in total. The van der Waals surface area contributed by atoms with E-state index in [0.717, 1.165) is 37.7 Å². The van der Waals surface area contributed by atoms with E-state index in [2.05, 4.69) is 43.4 Å². The molecule has 8 heteroatoms. The Labute approximate surface area is 251 Å². The number of methoxy groups -OCH3 is 2. The van der Waals surface area contributed by atoms with Gasteiger partial charge in [-0.1, -0.05) is 76.6 Å². The number of nitrogens with zero attached hydrogens (tertiary/aromatic N) is 1. The van der Waals surface area contributed by atoms with Crippen LogP contribution >= 0.6 is 0 Å². The van der Waals surface area contributed by atoms with E-state index in [4.69, 9.17) is 18.9 Å². The number of esters is 2. The van der Waals surface area contributed by atoms with Crippen LogP contribution in [0, 0.1) is 0 Å². The van der Waals surface area contributed by atoms with Crippen molar-refractivity contribution in [2.75, 3.05) is 26.1 Å². The number of anilines is 1. The number of rotatable bonds is 17. The third-order valence-electron chi connectivity index (χ3n) is 7.30. The summed E-state index contributed by atoms with van der Waals surface area (Å²) in [5.41, 5.74) is 2.78. The lowest BCUT2D eigenvalue weighted by molar-refractivity contribution is -0.222. The summed E-state index contributed by atoms with van der Waals surface area (Å²) in [6, 6.07) is 13.9. The fourth-order valence-electron chi connectivity index (χ4n) is 4.96. The average Bonchev–Trinajstić information content (AvgIpc) is 2.96. The molecule has 1 N–H and O–H groups in total. The van der Waals surface area contributed by atoms with E-state index in [0.29, 0.717) is 36.1 Å². The number of hydrogen-bond donors (Lipinski definition) is 1. The van der Waals surface area contributed by atoms with E-state index in [9.17, 15) is 9.59 Å². The summed E-state index contributed by atoms with van der Waals surface area (Å²) in [5, 5.41) is 3.35. The first kappa shape index (κ1) is 32.8. The average molecular weight is 581 g/mol. The van der Waals surface area contributed by atoms with Gasteiger partial charge in [-0.3, -0.25) is 0 Å². The highest BCUT2D eigenvalue weighted by molar-refractivity contribution is 6.16. The van der Waals surface area contributed by atoms with Gasteiger partial charge in [-0.05, 0) is 42.5 Å². The zero-order chi connectivity index (χ0) is 30.5. The number of cyclic esters (lactones) is 2. The monoisotopic (exact) mass is 580 g/mol. The topological polar surface area (TPSA) is 86.3 Å². The van der Waals surface area contributed by atoms with Crippen LogP contribution in [0.15, 0.2) is 53.9 Å². The van der Waals surface area contributed by atoms with Crippen LogP contribution in [0.1, 0.15) is 90.2 Å². The molecule has 0 aromatic heterocycles. The first-order valence-corrected chi connectivity index (χ1v) is 15.2. The second-order valence-corrected chi connectivity index (χ2v) is 11.2. The van der Waals surface area contributed by atoms with Crippen molar-refractivity contribution in [2.45, 2.75) is 97.8 Å². The van der Waals surface area contributed by atoms with Crippen molar-refractivity contribution in [3.63, 3.8) is 0 Å². The van der Waals surface area contributed by atoms with Crippen molar-refractivity contribution < 1.29 is 28.5 Å². The molecule has 1 heterocycles.